The quantitative estimate of drug-likeness (QED) is 0.636. The fourth-order valence-corrected chi connectivity index (χ4v) is 5.06. The summed E-state index contributed by atoms with van der Waals surface area (Å²) >= 11 is 0. The number of rotatable bonds is 6. The van der Waals surface area contributed by atoms with Gasteiger partial charge in [-0.3, -0.25) is 0 Å². The fraction of sp³-hybridized carbons (Fsp3) is 0.143. The molecule has 0 saturated heterocycles. The van der Waals surface area contributed by atoms with Gasteiger partial charge in [0.15, 0.2) is 0 Å². The highest BCUT2D eigenvalue weighted by molar-refractivity contribution is 7.79. The molecule has 3 nitrogen and oxygen atoms in total. The van der Waals surface area contributed by atoms with Gasteiger partial charge in [-0.05, 0) is 48.1 Å². The van der Waals surface area contributed by atoms with Gasteiger partial charge >= 0.3 is 0 Å². The van der Waals surface area contributed by atoms with Crippen molar-refractivity contribution in [3.8, 4) is 17.2 Å². The van der Waals surface area contributed by atoms with Crippen molar-refractivity contribution in [2.45, 2.75) is 0 Å². The van der Waals surface area contributed by atoms with Gasteiger partial charge in [0.2, 0.25) is 0 Å². The fourth-order valence-electron chi connectivity index (χ4n) is 2.70. The van der Waals surface area contributed by atoms with Gasteiger partial charge in [0.25, 0.3) is 0 Å². The Morgan fingerprint density at radius 1 is 0.520 bits per heavy atom. The van der Waals surface area contributed by atoms with Gasteiger partial charge in [0, 0.05) is 6.07 Å². The minimum Gasteiger partial charge on any atom is -0.497 e. The molecule has 4 heteroatoms. The van der Waals surface area contributed by atoms with Gasteiger partial charge in [0.1, 0.15) is 17.2 Å². The lowest BCUT2D eigenvalue weighted by atomic mass is 10.3. The first-order chi connectivity index (χ1) is 12.2. The topological polar surface area (TPSA) is 27.7 Å². The summed E-state index contributed by atoms with van der Waals surface area (Å²) in [6.07, 6.45) is 0. The van der Waals surface area contributed by atoms with Crippen LogP contribution in [0.5, 0.6) is 17.2 Å². The Morgan fingerprint density at radius 3 is 1.68 bits per heavy atom. The van der Waals surface area contributed by atoms with Crippen LogP contribution in [0, 0.1) is 0 Å². The maximum atomic E-state index is 5.47. The van der Waals surface area contributed by atoms with Crippen LogP contribution in [0.25, 0.3) is 0 Å². The molecule has 0 radical (unpaired) electrons. The molecule has 1 unspecified atom stereocenters. The van der Waals surface area contributed by atoms with E-state index in [2.05, 4.69) is 48.5 Å². The third-order valence-corrected chi connectivity index (χ3v) is 6.30. The van der Waals surface area contributed by atoms with Crippen LogP contribution in [0.15, 0.2) is 72.8 Å². The van der Waals surface area contributed by atoms with Crippen molar-refractivity contribution in [1.29, 1.82) is 0 Å². The maximum absolute atomic E-state index is 5.47. The predicted octanol–water partition coefficient (Wildman–Crippen LogP) is 3.47. The lowest BCUT2D eigenvalue weighted by Gasteiger charge is -2.21. The van der Waals surface area contributed by atoms with E-state index in [1.165, 1.54) is 15.9 Å². The van der Waals surface area contributed by atoms with Crippen LogP contribution < -0.4 is 30.1 Å². The van der Waals surface area contributed by atoms with E-state index in [0.717, 1.165) is 17.2 Å². The smallest absolute Gasteiger partial charge is 0.123 e. The number of ether oxygens (including phenoxy) is 3. The molecule has 3 aromatic carbocycles. The van der Waals surface area contributed by atoms with Gasteiger partial charge in [-0.25, -0.2) is 0 Å². The maximum Gasteiger partial charge on any atom is 0.123 e. The zero-order valence-electron chi connectivity index (χ0n) is 14.6. The van der Waals surface area contributed by atoms with Crippen LogP contribution in [-0.4, -0.2) is 21.3 Å². The summed E-state index contributed by atoms with van der Waals surface area (Å²) in [5, 5.41) is 3.66. The van der Waals surface area contributed by atoms with E-state index in [4.69, 9.17) is 14.2 Å². The Labute approximate surface area is 149 Å². The van der Waals surface area contributed by atoms with Gasteiger partial charge < -0.3 is 14.2 Å². The van der Waals surface area contributed by atoms with Crippen molar-refractivity contribution in [2.75, 3.05) is 21.3 Å². The molecule has 0 N–H and O–H groups in total. The highest BCUT2D eigenvalue weighted by Gasteiger charge is 2.19. The Balaban J connectivity index is 2.18. The summed E-state index contributed by atoms with van der Waals surface area (Å²) in [5.74, 6) is 2.44. The summed E-state index contributed by atoms with van der Waals surface area (Å²) in [4.78, 5) is 0. The molecule has 0 saturated carbocycles. The number of methoxy groups -OCH3 is 3. The van der Waals surface area contributed by atoms with Crippen molar-refractivity contribution >= 4 is 23.8 Å². The minimum atomic E-state index is -0.752. The van der Waals surface area contributed by atoms with E-state index < -0.39 is 7.92 Å². The van der Waals surface area contributed by atoms with Crippen LogP contribution in [0.1, 0.15) is 0 Å². The van der Waals surface area contributed by atoms with E-state index in [1.54, 1.807) is 21.3 Å². The second-order valence-corrected chi connectivity index (χ2v) is 7.66. The monoisotopic (exact) mass is 352 g/mol. The summed E-state index contributed by atoms with van der Waals surface area (Å²) in [7, 11) is 4.29. The standard InChI is InChI=1S/C21H21O3P/c1-22-16-8-7-11-20(13-16)25(19-9-5-4-6-10-19)21-14-17(23-2)12-18(15-21)24-3/h4-15H,1-3H3. The molecule has 1 atom stereocenters. The lowest BCUT2D eigenvalue weighted by Crippen LogP contribution is -2.21. The molecule has 0 aliphatic heterocycles. The second kappa shape index (κ2) is 8.04. The molecular weight excluding hydrogens is 331 g/mol. The molecule has 0 aromatic heterocycles. The van der Waals surface area contributed by atoms with Crippen LogP contribution in [0.4, 0.5) is 0 Å². The van der Waals surface area contributed by atoms with E-state index in [-0.39, 0.29) is 0 Å². The normalized spacial score (nSPS) is 11.6. The summed E-state index contributed by atoms with van der Waals surface area (Å²) in [6.45, 7) is 0. The molecule has 3 aromatic rings. The van der Waals surface area contributed by atoms with Gasteiger partial charge in [-0.1, -0.05) is 42.5 Å². The van der Waals surface area contributed by atoms with Crippen molar-refractivity contribution in [3.63, 3.8) is 0 Å². The third kappa shape index (κ3) is 3.94. The van der Waals surface area contributed by atoms with E-state index >= 15 is 0 Å². The zero-order valence-corrected chi connectivity index (χ0v) is 15.5. The van der Waals surface area contributed by atoms with Gasteiger partial charge in [0.05, 0.1) is 21.3 Å². The molecule has 0 amide bonds. The van der Waals surface area contributed by atoms with Crippen molar-refractivity contribution < 1.29 is 14.2 Å². The molecule has 128 valence electrons. The average molecular weight is 352 g/mol. The first kappa shape index (κ1) is 17.3. The van der Waals surface area contributed by atoms with Crippen molar-refractivity contribution in [2.24, 2.45) is 0 Å². The highest BCUT2D eigenvalue weighted by atomic mass is 31.1. The summed E-state index contributed by atoms with van der Waals surface area (Å²) in [5.41, 5.74) is 0. The first-order valence-corrected chi connectivity index (χ1v) is 9.31. The predicted molar refractivity (Wildman–Crippen MR) is 105 cm³/mol. The SMILES string of the molecule is COc1cccc(P(c2ccccc2)c2cc(OC)cc(OC)c2)c1. The number of benzene rings is 3. The van der Waals surface area contributed by atoms with E-state index in [0.29, 0.717) is 0 Å². The number of hydrogen-bond donors (Lipinski definition) is 0. The number of hydrogen-bond acceptors (Lipinski definition) is 3. The highest BCUT2D eigenvalue weighted by Crippen LogP contribution is 2.36. The Bertz CT molecular complexity index is 811. The lowest BCUT2D eigenvalue weighted by molar-refractivity contribution is 0.395. The molecule has 25 heavy (non-hydrogen) atoms. The molecule has 0 fully saturated rings. The molecule has 3 rings (SSSR count). The Morgan fingerprint density at radius 2 is 1.08 bits per heavy atom. The second-order valence-electron chi connectivity index (χ2n) is 5.44. The molecular formula is C21H21O3P. The van der Waals surface area contributed by atoms with E-state index in [9.17, 15) is 0 Å². The first-order valence-electron chi connectivity index (χ1n) is 7.97. The summed E-state index contributed by atoms with van der Waals surface area (Å²) < 4.78 is 16.4. The van der Waals surface area contributed by atoms with Gasteiger partial charge in [-0.15, -0.1) is 0 Å². The van der Waals surface area contributed by atoms with E-state index in [1.807, 2.05) is 24.3 Å². The van der Waals surface area contributed by atoms with Crippen LogP contribution in [0.2, 0.25) is 0 Å². The average Bonchev–Trinajstić information content (AvgIpc) is 2.69. The molecule has 0 bridgehead atoms. The zero-order chi connectivity index (χ0) is 17.6. The summed E-state index contributed by atoms with van der Waals surface area (Å²) in [6, 6.07) is 24.8. The molecule has 0 aliphatic carbocycles. The molecule has 0 spiro atoms. The van der Waals surface area contributed by atoms with Crippen molar-refractivity contribution in [1.82, 2.24) is 0 Å². The third-order valence-electron chi connectivity index (χ3n) is 3.92. The molecule has 0 aliphatic rings. The minimum absolute atomic E-state index is 0.752. The Hall–Kier alpha value is -2.51. The Kier molecular flexibility index (Phi) is 5.57. The van der Waals surface area contributed by atoms with Crippen LogP contribution in [0.3, 0.4) is 0 Å². The van der Waals surface area contributed by atoms with Crippen LogP contribution in [-0.2, 0) is 0 Å². The van der Waals surface area contributed by atoms with Crippen LogP contribution >= 0.6 is 7.92 Å². The van der Waals surface area contributed by atoms with Gasteiger partial charge in [-0.2, -0.15) is 0 Å². The largest absolute Gasteiger partial charge is 0.497 e. The van der Waals surface area contributed by atoms with Crippen molar-refractivity contribution in [3.05, 3.63) is 72.8 Å². The molecule has 0 heterocycles.